The zero-order chi connectivity index (χ0) is 16.0. The number of aromatic amines is 1. The van der Waals surface area contributed by atoms with Crippen molar-refractivity contribution in [2.45, 2.75) is 31.7 Å². The minimum Gasteiger partial charge on any atom is -0.503 e. The fourth-order valence-corrected chi connectivity index (χ4v) is 3.73. The van der Waals surface area contributed by atoms with E-state index in [9.17, 15) is 9.90 Å². The van der Waals surface area contributed by atoms with Gasteiger partial charge < -0.3 is 30.5 Å². The second-order valence-electron chi connectivity index (χ2n) is 6.48. The monoisotopic (exact) mass is 317 g/mol. The summed E-state index contributed by atoms with van der Waals surface area (Å²) in [7, 11) is 0. The quantitative estimate of drug-likeness (QED) is 0.774. The maximum absolute atomic E-state index is 11.6. The molecule has 0 aliphatic carbocycles. The highest BCUT2D eigenvalue weighted by Gasteiger charge is 2.38. The zero-order valence-corrected chi connectivity index (χ0v) is 13.2. The van der Waals surface area contributed by atoms with Gasteiger partial charge in [0.2, 0.25) is 5.91 Å². The number of nitrogens with two attached hydrogens (primary N) is 1. The lowest BCUT2D eigenvalue weighted by Crippen LogP contribution is -2.55. The van der Waals surface area contributed by atoms with Crippen LogP contribution in [0, 0.1) is 0 Å². The molecule has 7 heteroatoms. The normalized spacial score (nSPS) is 23.7. The van der Waals surface area contributed by atoms with Crippen LogP contribution in [-0.2, 0) is 4.79 Å². The lowest BCUT2D eigenvalue weighted by molar-refractivity contribution is -0.120. The minimum atomic E-state index is -0.309. The smallest absolute Gasteiger partial charge is 0.240 e. The van der Waals surface area contributed by atoms with E-state index in [1.807, 2.05) is 11.1 Å². The number of carbonyl (C=O) groups excluding carboxylic acids is 1. The molecule has 1 aromatic heterocycles. The molecular formula is C16H23N5O2. The van der Waals surface area contributed by atoms with Crippen LogP contribution in [0.1, 0.15) is 25.7 Å². The summed E-state index contributed by atoms with van der Waals surface area (Å²) in [4.78, 5) is 21.2. The van der Waals surface area contributed by atoms with Crippen LogP contribution >= 0.6 is 0 Å². The topological polar surface area (TPSA) is 88.8 Å². The molecule has 1 amide bonds. The van der Waals surface area contributed by atoms with Gasteiger partial charge >= 0.3 is 0 Å². The van der Waals surface area contributed by atoms with Crippen LogP contribution in [0.3, 0.4) is 0 Å². The van der Waals surface area contributed by atoms with E-state index in [0.29, 0.717) is 0 Å². The predicted molar refractivity (Wildman–Crippen MR) is 90.0 cm³/mol. The van der Waals surface area contributed by atoms with E-state index in [4.69, 9.17) is 5.73 Å². The Morgan fingerprint density at radius 2 is 2.00 bits per heavy atom. The molecule has 3 aliphatic rings. The van der Waals surface area contributed by atoms with E-state index in [0.717, 1.165) is 69.2 Å². The lowest BCUT2D eigenvalue weighted by atomic mass is 10.0. The second kappa shape index (κ2) is 5.40. The molecule has 1 unspecified atom stereocenters. The minimum absolute atomic E-state index is 0.281. The molecule has 124 valence electrons. The number of carbonyl (C=O) groups is 1. The SMILES string of the molecule is NC(=O)C1CCN1c1[nH]c(N2CCCC2)c(O)c1N1C=CCC1. The first kappa shape index (κ1) is 14.3. The molecule has 0 aromatic carbocycles. The molecule has 0 spiro atoms. The average molecular weight is 317 g/mol. The van der Waals surface area contributed by atoms with E-state index in [-0.39, 0.29) is 17.7 Å². The van der Waals surface area contributed by atoms with Crippen LogP contribution in [-0.4, -0.2) is 48.2 Å². The van der Waals surface area contributed by atoms with Crippen molar-refractivity contribution in [2.24, 2.45) is 5.73 Å². The molecule has 7 nitrogen and oxygen atoms in total. The molecule has 0 radical (unpaired) electrons. The van der Waals surface area contributed by atoms with Crippen LogP contribution in [0.15, 0.2) is 12.3 Å². The van der Waals surface area contributed by atoms with Crippen molar-refractivity contribution in [3.63, 3.8) is 0 Å². The molecule has 1 atom stereocenters. The van der Waals surface area contributed by atoms with Crippen LogP contribution in [0.5, 0.6) is 5.75 Å². The number of anilines is 3. The fraction of sp³-hybridized carbons (Fsp3) is 0.562. The number of primary amides is 1. The standard InChI is InChI=1S/C16H23N5O2/c17-14(23)11-5-10-21(11)15-12(19-6-1-2-7-19)13(22)16(18-15)20-8-3-4-9-20/h1,6,11,18,22H,2-5,7-10H2,(H2,17,23). The van der Waals surface area contributed by atoms with E-state index in [1.54, 1.807) is 0 Å². The molecule has 1 aromatic rings. The number of nitrogens with zero attached hydrogens (tertiary/aromatic N) is 3. The molecule has 4 N–H and O–H groups in total. The first-order valence-electron chi connectivity index (χ1n) is 8.36. The Morgan fingerprint density at radius 1 is 1.22 bits per heavy atom. The molecule has 4 rings (SSSR count). The number of rotatable bonds is 4. The van der Waals surface area contributed by atoms with Gasteiger partial charge in [-0.25, -0.2) is 0 Å². The Labute approximate surface area is 135 Å². The molecular weight excluding hydrogens is 294 g/mol. The summed E-state index contributed by atoms with van der Waals surface area (Å²) in [5, 5.41) is 10.8. The van der Waals surface area contributed by atoms with E-state index in [2.05, 4.69) is 20.9 Å². The van der Waals surface area contributed by atoms with Gasteiger partial charge in [0.05, 0.1) is 0 Å². The number of hydrogen-bond donors (Lipinski definition) is 3. The molecule has 2 fully saturated rings. The number of aromatic nitrogens is 1. The Morgan fingerprint density at radius 3 is 2.57 bits per heavy atom. The largest absolute Gasteiger partial charge is 0.503 e. The third kappa shape index (κ3) is 2.22. The molecule has 4 heterocycles. The van der Waals surface area contributed by atoms with E-state index < -0.39 is 0 Å². The summed E-state index contributed by atoms with van der Waals surface area (Å²) in [6.45, 7) is 3.51. The fourth-order valence-electron chi connectivity index (χ4n) is 3.73. The van der Waals surface area contributed by atoms with Gasteiger partial charge in [-0.2, -0.15) is 0 Å². The molecule has 2 saturated heterocycles. The Balaban J connectivity index is 1.75. The summed E-state index contributed by atoms with van der Waals surface area (Å²) >= 11 is 0. The Kier molecular flexibility index (Phi) is 3.36. The van der Waals surface area contributed by atoms with Crippen molar-refractivity contribution >= 4 is 23.2 Å². The van der Waals surface area contributed by atoms with Crippen molar-refractivity contribution in [1.29, 1.82) is 0 Å². The van der Waals surface area contributed by atoms with Crippen molar-refractivity contribution in [2.75, 3.05) is 40.9 Å². The maximum atomic E-state index is 11.6. The molecule has 0 saturated carbocycles. The Bertz CT molecular complexity index is 647. The number of H-pyrrole nitrogens is 1. The highest BCUT2D eigenvalue weighted by Crippen LogP contribution is 2.48. The summed E-state index contributed by atoms with van der Waals surface area (Å²) in [5.41, 5.74) is 6.27. The number of aromatic hydroxyl groups is 1. The zero-order valence-electron chi connectivity index (χ0n) is 13.2. The van der Waals surface area contributed by atoms with Gasteiger partial charge in [0.25, 0.3) is 0 Å². The summed E-state index contributed by atoms with van der Waals surface area (Å²) in [6.07, 6.45) is 8.10. The number of hydrogen-bond acceptors (Lipinski definition) is 5. The van der Waals surface area contributed by atoms with Crippen LogP contribution in [0.2, 0.25) is 0 Å². The van der Waals surface area contributed by atoms with Crippen LogP contribution in [0.25, 0.3) is 0 Å². The van der Waals surface area contributed by atoms with Gasteiger partial charge in [0.1, 0.15) is 17.5 Å². The lowest BCUT2D eigenvalue weighted by Gasteiger charge is -2.40. The van der Waals surface area contributed by atoms with Crippen LogP contribution < -0.4 is 20.4 Å². The van der Waals surface area contributed by atoms with Gasteiger partial charge in [0, 0.05) is 32.4 Å². The Hall–Kier alpha value is -2.31. The number of nitrogens with one attached hydrogen (secondary N) is 1. The van der Waals surface area contributed by atoms with Gasteiger partial charge in [-0.3, -0.25) is 4.79 Å². The van der Waals surface area contributed by atoms with Crippen molar-refractivity contribution in [3.05, 3.63) is 12.3 Å². The summed E-state index contributed by atoms with van der Waals surface area (Å²) < 4.78 is 0. The third-order valence-electron chi connectivity index (χ3n) is 5.08. The molecule has 0 bridgehead atoms. The predicted octanol–water partition coefficient (Wildman–Crippen LogP) is 1.11. The van der Waals surface area contributed by atoms with Gasteiger partial charge in [-0.1, -0.05) is 6.08 Å². The van der Waals surface area contributed by atoms with Crippen molar-refractivity contribution in [3.8, 4) is 5.75 Å². The average Bonchev–Trinajstić information content (AvgIpc) is 3.17. The van der Waals surface area contributed by atoms with E-state index in [1.165, 1.54) is 0 Å². The van der Waals surface area contributed by atoms with Gasteiger partial charge in [0.15, 0.2) is 11.6 Å². The summed E-state index contributed by atoms with van der Waals surface area (Å²) in [6, 6.07) is -0.287. The van der Waals surface area contributed by atoms with Gasteiger partial charge in [-0.05, 0) is 25.7 Å². The molecule has 3 aliphatic heterocycles. The molecule has 23 heavy (non-hydrogen) atoms. The third-order valence-corrected chi connectivity index (χ3v) is 5.08. The second-order valence-corrected chi connectivity index (χ2v) is 6.48. The van der Waals surface area contributed by atoms with Crippen molar-refractivity contribution in [1.82, 2.24) is 4.98 Å². The first-order valence-corrected chi connectivity index (χ1v) is 8.36. The highest BCUT2D eigenvalue weighted by molar-refractivity contribution is 5.91. The highest BCUT2D eigenvalue weighted by atomic mass is 16.3. The first-order chi connectivity index (χ1) is 11.2. The summed E-state index contributed by atoms with van der Waals surface area (Å²) in [5.74, 6) is 1.55. The van der Waals surface area contributed by atoms with Gasteiger partial charge in [-0.15, -0.1) is 0 Å². The number of amides is 1. The van der Waals surface area contributed by atoms with E-state index >= 15 is 0 Å². The van der Waals surface area contributed by atoms with Crippen molar-refractivity contribution < 1.29 is 9.90 Å². The van der Waals surface area contributed by atoms with Crippen LogP contribution in [0.4, 0.5) is 17.3 Å². The maximum Gasteiger partial charge on any atom is 0.240 e.